The molecule has 0 aromatic carbocycles. The molecule has 1 amide bonds. The second-order valence-electron chi connectivity index (χ2n) is 3.92. The van der Waals surface area contributed by atoms with E-state index in [9.17, 15) is 4.79 Å². The van der Waals surface area contributed by atoms with Gasteiger partial charge in [-0.2, -0.15) is 0 Å². The average molecular weight is 195 g/mol. The van der Waals surface area contributed by atoms with Crippen molar-refractivity contribution in [2.24, 2.45) is 0 Å². The van der Waals surface area contributed by atoms with E-state index in [1.165, 1.54) is 0 Å². The molecular formula is C10H17N3O. The zero-order valence-electron chi connectivity index (χ0n) is 8.41. The molecule has 1 unspecified atom stereocenters. The van der Waals surface area contributed by atoms with E-state index in [4.69, 9.17) is 0 Å². The second kappa shape index (κ2) is 4.11. The number of amides is 1. The van der Waals surface area contributed by atoms with E-state index in [2.05, 4.69) is 16.8 Å². The molecule has 0 aromatic heterocycles. The van der Waals surface area contributed by atoms with Crippen molar-refractivity contribution in [2.75, 3.05) is 39.3 Å². The van der Waals surface area contributed by atoms with Gasteiger partial charge in [0.15, 0.2) is 0 Å². The van der Waals surface area contributed by atoms with Crippen LogP contribution in [-0.4, -0.2) is 61.0 Å². The number of carbonyl (C=O) groups is 1. The topological polar surface area (TPSA) is 35.6 Å². The lowest BCUT2D eigenvalue weighted by Gasteiger charge is -2.43. The summed E-state index contributed by atoms with van der Waals surface area (Å²) in [5.41, 5.74) is 0. The Kier molecular flexibility index (Phi) is 2.84. The molecule has 0 aromatic rings. The molecular weight excluding hydrogens is 178 g/mol. The van der Waals surface area contributed by atoms with Gasteiger partial charge in [0.1, 0.15) is 0 Å². The van der Waals surface area contributed by atoms with Gasteiger partial charge >= 0.3 is 0 Å². The number of piperazine rings is 2. The molecule has 14 heavy (non-hydrogen) atoms. The van der Waals surface area contributed by atoms with Crippen molar-refractivity contribution in [1.82, 2.24) is 15.1 Å². The molecule has 0 spiro atoms. The molecule has 1 N–H and O–H groups in total. The number of carbonyl (C=O) groups excluding carboxylic acids is 1. The van der Waals surface area contributed by atoms with Crippen LogP contribution in [-0.2, 0) is 4.79 Å². The fourth-order valence-corrected chi connectivity index (χ4v) is 2.15. The van der Waals surface area contributed by atoms with Crippen molar-refractivity contribution in [3.8, 4) is 0 Å². The van der Waals surface area contributed by atoms with Gasteiger partial charge in [0.2, 0.25) is 5.91 Å². The molecule has 0 radical (unpaired) electrons. The number of hydrogen-bond acceptors (Lipinski definition) is 3. The largest absolute Gasteiger partial charge is 0.336 e. The third-order valence-electron chi connectivity index (χ3n) is 2.94. The first-order valence-corrected chi connectivity index (χ1v) is 5.14. The number of rotatable bonds is 2. The fourth-order valence-electron chi connectivity index (χ4n) is 2.15. The second-order valence-corrected chi connectivity index (χ2v) is 3.92. The van der Waals surface area contributed by atoms with Crippen LogP contribution in [0.5, 0.6) is 0 Å². The fraction of sp³-hybridized carbons (Fsp3) is 0.700. The quantitative estimate of drug-likeness (QED) is 0.591. The van der Waals surface area contributed by atoms with Gasteiger partial charge < -0.3 is 10.2 Å². The zero-order valence-corrected chi connectivity index (χ0v) is 8.41. The van der Waals surface area contributed by atoms with E-state index < -0.39 is 0 Å². The van der Waals surface area contributed by atoms with Gasteiger partial charge in [-0.3, -0.25) is 9.69 Å². The van der Waals surface area contributed by atoms with E-state index in [0.717, 1.165) is 26.2 Å². The van der Waals surface area contributed by atoms with Crippen LogP contribution >= 0.6 is 0 Å². The predicted molar refractivity (Wildman–Crippen MR) is 55.0 cm³/mol. The summed E-state index contributed by atoms with van der Waals surface area (Å²) in [6.07, 6.45) is 1.80. The Morgan fingerprint density at radius 3 is 3.29 bits per heavy atom. The van der Waals surface area contributed by atoms with Crippen LogP contribution in [0.1, 0.15) is 0 Å². The summed E-state index contributed by atoms with van der Waals surface area (Å²) in [6, 6.07) is 0.501. The molecule has 78 valence electrons. The Hall–Kier alpha value is -0.870. The van der Waals surface area contributed by atoms with Crippen LogP contribution < -0.4 is 5.32 Å². The Labute approximate surface area is 84.6 Å². The van der Waals surface area contributed by atoms with Gasteiger partial charge in [0.05, 0.1) is 6.54 Å². The smallest absolute Gasteiger partial charge is 0.237 e. The molecule has 0 bridgehead atoms. The maximum absolute atomic E-state index is 11.7. The molecule has 4 nitrogen and oxygen atoms in total. The maximum atomic E-state index is 11.7. The van der Waals surface area contributed by atoms with E-state index >= 15 is 0 Å². The van der Waals surface area contributed by atoms with Crippen LogP contribution in [0, 0.1) is 0 Å². The summed E-state index contributed by atoms with van der Waals surface area (Å²) in [5, 5.41) is 3.36. The Morgan fingerprint density at radius 1 is 1.64 bits per heavy atom. The highest BCUT2D eigenvalue weighted by Gasteiger charge is 2.32. The predicted octanol–water partition coefficient (Wildman–Crippen LogP) is -0.712. The number of hydrogen-bond donors (Lipinski definition) is 1. The van der Waals surface area contributed by atoms with Gasteiger partial charge in [-0.1, -0.05) is 6.08 Å². The summed E-state index contributed by atoms with van der Waals surface area (Å²) in [7, 11) is 0. The summed E-state index contributed by atoms with van der Waals surface area (Å²) in [6.45, 7) is 8.79. The Morgan fingerprint density at radius 2 is 2.50 bits per heavy atom. The molecule has 2 rings (SSSR count). The highest BCUT2D eigenvalue weighted by atomic mass is 16.2. The summed E-state index contributed by atoms with van der Waals surface area (Å²) in [4.78, 5) is 15.8. The van der Waals surface area contributed by atoms with Crippen LogP contribution in [0.4, 0.5) is 0 Å². The van der Waals surface area contributed by atoms with Gasteiger partial charge in [-0.05, 0) is 0 Å². The first kappa shape index (κ1) is 9.68. The lowest BCUT2D eigenvalue weighted by molar-refractivity contribution is -0.138. The van der Waals surface area contributed by atoms with Crippen LogP contribution in [0.15, 0.2) is 12.7 Å². The minimum absolute atomic E-state index is 0.239. The van der Waals surface area contributed by atoms with Crippen molar-refractivity contribution < 1.29 is 4.79 Å². The molecule has 2 aliphatic rings. The molecule has 2 fully saturated rings. The lowest BCUT2D eigenvalue weighted by Crippen LogP contribution is -2.62. The van der Waals surface area contributed by atoms with Gasteiger partial charge in [-0.25, -0.2) is 0 Å². The monoisotopic (exact) mass is 195 g/mol. The lowest BCUT2D eigenvalue weighted by atomic mass is 10.1. The van der Waals surface area contributed by atoms with Crippen molar-refractivity contribution in [3.05, 3.63) is 12.7 Å². The van der Waals surface area contributed by atoms with Gasteiger partial charge in [0, 0.05) is 38.8 Å². The molecule has 2 saturated heterocycles. The molecule has 0 saturated carbocycles. The third-order valence-corrected chi connectivity index (χ3v) is 2.94. The standard InChI is InChI=1S/C10H17N3O/c1-2-4-13-7-9-6-11-3-5-12(9)8-10(13)14/h2,9,11H,1,3-8H2. The normalized spacial score (nSPS) is 28.7. The molecule has 0 aliphatic carbocycles. The van der Waals surface area contributed by atoms with Crippen molar-refractivity contribution >= 4 is 5.91 Å². The summed E-state index contributed by atoms with van der Waals surface area (Å²) >= 11 is 0. The Bertz CT molecular complexity index is 242. The van der Waals surface area contributed by atoms with E-state index in [1.807, 2.05) is 4.90 Å². The first-order valence-electron chi connectivity index (χ1n) is 5.14. The maximum Gasteiger partial charge on any atom is 0.237 e. The molecule has 1 atom stereocenters. The van der Waals surface area contributed by atoms with E-state index in [-0.39, 0.29) is 5.91 Å². The van der Waals surface area contributed by atoms with Crippen molar-refractivity contribution in [3.63, 3.8) is 0 Å². The minimum Gasteiger partial charge on any atom is -0.336 e. The number of nitrogens with zero attached hydrogens (tertiary/aromatic N) is 2. The number of nitrogens with one attached hydrogen (secondary N) is 1. The molecule has 4 heteroatoms. The van der Waals surface area contributed by atoms with Gasteiger partial charge in [-0.15, -0.1) is 6.58 Å². The molecule has 2 aliphatic heterocycles. The van der Waals surface area contributed by atoms with E-state index in [1.54, 1.807) is 6.08 Å². The molecule has 2 heterocycles. The average Bonchev–Trinajstić information content (AvgIpc) is 2.19. The first-order chi connectivity index (χ1) is 6.81. The van der Waals surface area contributed by atoms with E-state index in [0.29, 0.717) is 19.1 Å². The summed E-state index contributed by atoms with van der Waals surface area (Å²) < 4.78 is 0. The van der Waals surface area contributed by atoms with Crippen molar-refractivity contribution in [2.45, 2.75) is 6.04 Å². The third kappa shape index (κ3) is 1.81. The van der Waals surface area contributed by atoms with Gasteiger partial charge in [0.25, 0.3) is 0 Å². The zero-order chi connectivity index (χ0) is 9.97. The SMILES string of the molecule is C=CCN1CC2CNCCN2CC1=O. The highest BCUT2D eigenvalue weighted by molar-refractivity contribution is 5.79. The Balaban J connectivity index is 1.99. The summed E-state index contributed by atoms with van der Waals surface area (Å²) in [5.74, 6) is 0.239. The minimum atomic E-state index is 0.239. The van der Waals surface area contributed by atoms with Crippen LogP contribution in [0.3, 0.4) is 0 Å². The van der Waals surface area contributed by atoms with Crippen LogP contribution in [0.25, 0.3) is 0 Å². The number of fused-ring (bicyclic) bond motifs is 1. The van der Waals surface area contributed by atoms with Crippen LogP contribution in [0.2, 0.25) is 0 Å². The highest BCUT2D eigenvalue weighted by Crippen LogP contribution is 2.12. The van der Waals surface area contributed by atoms with Crippen molar-refractivity contribution in [1.29, 1.82) is 0 Å².